The van der Waals surface area contributed by atoms with Gasteiger partial charge in [-0.15, -0.1) is 12.4 Å². The van der Waals surface area contributed by atoms with Gasteiger partial charge in [-0.1, -0.05) is 12.1 Å². The Morgan fingerprint density at radius 1 is 1.43 bits per heavy atom. The second-order valence-electron chi connectivity index (χ2n) is 4.62. The van der Waals surface area contributed by atoms with Crippen molar-refractivity contribution >= 4 is 18.3 Å². The first-order chi connectivity index (χ1) is 9.60. The normalized spacial score (nSPS) is 11.4. The van der Waals surface area contributed by atoms with E-state index < -0.39 is 0 Å². The number of hydrogen-bond donors (Lipinski definition) is 2. The molecular weight excluding hydrogens is 292 g/mol. The summed E-state index contributed by atoms with van der Waals surface area (Å²) in [6.45, 7) is 5.32. The van der Waals surface area contributed by atoms with Crippen LogP contribution in [0.25, 0.3) is 0 Å². The van der Waals surface area contributed by atoms with Gasteiger partial charge in [-0.05, 0) is 25.5 Å². The van der Waals surface area contributed by atoms with E-state index in [1.54, 1.807) is 7.11 Å². The number of rotatable bonds is 8. The van der Waals surface area contributed by atoms with Crippen molar-refractivity contribution < 1.29 is 14.3 Å². The van der Waals surface area contributed by atoms with Crippen molar-refractivity contribution in [1.82, 2.24) is 5.32 Å². The highest BCUT2D eigenvalue weighted by atomic mass is 35.5. The minimum Gasteiger partial charge on any atom is -0.494 e. The maximum Gasteiger partial charge on any atom is 0.222 e. The molecule has 0 spiro atoms. The fraction of sp³-hybridized carbons (Fsp3) is 0.533. The number of halogens is 1. The van der Waals surface area contributed by atoms with Crippen molar-refractivity contribution in [2.24, 2.45) is 5.73 Å². The van der Waals surface area contributed by atoms with Gasteiger partial charge in [0.25, 0.3) is 0 Å². The highest BCUT2D eigenvalue weighted by Crippen LogP contribution is 2.20. The largest absolute Gasteiger partial charge is 0.494 e. The van der Waals surface area contributed by atoms with E-state index in [1.807, 2.05) is 32.0 Å². The van der Waals surface area contributed by atoms with Gasteiger partial charge in [0.05, 0.1) is 19.1 Å². The van der Waals surface area contributed by atoms with Gasteiger partial charge in [0.15, 0.2) is 0 Å². The van der Waals surface area contributed by atoms with Crippen LogP contribution in [-0.4, -0.2) is 32.3 Å². The summed E-state index contributed by atoms with van der Waals surface area (Å²) in [4.78, 5) is 11.8. The summed E-state index contributed by atoms with van der Waals surface area (Å²) in [6.07, 6.45) is 0.0300. The van der Waals surface area contributed by atoms with Crippen molar-refractivity contribution in [1.29, 1.82) is 0 Å². The van der Waals surface area contributed by atoms with Crippen LogP contribution in [0.2, 0.25) is 0 Å². The maximum atomic E-state index is 11.8. The fourth-order valence-electron chi connectivity index (χ4n) is 1.83. The summed E-state index contributed by atoms with van der Waals surface area (Å²) in [5, 5.41) is 2.86. The molecule has 1 rings (SSSR count). The number of amides is 1. The molecule has 5 nitrogen and oxygen atoms in total. The molecular formula is C15H25ClN2O3. The molecule has 0 bridgehead atoms. The molecule has 1 aromatic carbocycles. The number of carbonyl (C=O) groups excluding carboxylic acids is 1. The van der Waals surface area contributed by atoms with E-state index in [9.17, 15) is 4.79 Å². The Hall–Kier alpha value is -1.30. The molecule has 0 saturated carbocycles. The summed E-state index contributed by atoms with van der Waals surface area (Å²) in [7, 11) is 1.55. The Bertz CT molecular complexity index is 437. The highest BCUT2D eigenvalue weighted by molar-refractivity contribution is 5.85. The van der Waals surface area contributed by atoms with Crippen LogP contribution >= 0.6 is 12.4 Å². The topological polar surface area (TPSA) is 73.6 Å². The molecule has 1 atom stereocenters. The number of aryl methyl sites for hydroxylation is 1. The van der Waals surface area contributed by atoms with Gasteiger partial charge in [-0.3, -0.25) is 4.79 Å². The van der Waals surface area contributed by atoms with Crippen molar-refractivity contribution in [2.45, 2.75) is 32.9 Å². The van der Waals surface area contributed by atoms with Gasteiger partial charge < -0.3 is 20.5 Å². The molecule has 3 N–H and O–H groups in total. The third-order valence-corrected chi connectivity index (χ3v) is 3.01. The van der Waals surface area contributed by atoms with Gasteiger partial charge in [-0.25, -0.2) is 0 Å². The second-order valence-corrected chi connectivity index (χ2v) is 4.62. The second kappa shape index (κ2) is 10.4. The summed E-state index contributed by atoms with van der Waals surface area (Å²) in [6, 6.07) is 5.95. The predicted octanol–water partition coefficient (Wildman–Crippen LogP) is 1.80. The standard InChI is InChI=1S/C15H24N2O3.ClH/c1-4-20-14-7-11(2)5-6-12(14)10-17-15(18)8-13(9-16)19-3;/h5-7,13H,4,8-10,16H2,1-3H3,(H,17,18);1H. The summed E-state index contributed by atoms with van der Waals surface area (Å²) >= 11 is 0. The first-order valence-corrected chi connectivity index (χ1v) is 6.82. The third-order valence-electron chi connectivity index (χ3n) is 3.01. The lowest BCUT2D eigenvalue weighted by Crippen LogP contribution is -2.32. The average Bonchev–Trinajstić information content (AvgIpc) is 2.44. The maximum absolute atomic E-state index is 11.8. The van der Waals surface area contributed by atoms with E-state index in [1.165, 1.54) is 0 Å². The van der Waals surface area contributed by atoms with Crippen LogP contribution in [0.3, 0.4) is 0 Å². The summed E-state index contributed by atoms with van der Waals surface area (Å²) in [5.74, 6) is 0.736. The Morgan fingerprint density at radius 3 is 2.71 bits per heavy atom. The van der Waals surface area contributed by atoms with E-state index in [0.29, 0.717) is 19.7 Å². The van der Waals surface area contributed by atoms with E-state index in [-0.39, 0.29) is 30.8 Å². The summed E-state index contributed by atoms with van der Waals surface area (Å²) in [5.41, 5.74) is 7.59. The van der Waals surface area contributed by atoms with Crippen LogP contribution in [-0.2, 0) is 16.1 Å². The number of benzene rings is 1. The van der Waals surface area contributed by atoms with Crippen LogP contribution in [0.4, 0.5) is 0 Å². The molecule has 0 aliphatic heterocycles. The van der Waals surface area contributed by atoms with Crippen LogP contribution in [0.1, 0.15) is 24.5 Å². The molecule has 1 unspecified atom stereocenters. The Labute approximate surface area is 132 Å². The number of carbonyl (C=O) groups is 1. The SMILES string of the molecule is CCOc1cc(C)ccc1CNC(=O)CC(CN)OC.Cl. The first kappa shape index (κ1) is 19.7. The molecule has 0 aliphatic carbocycles. The van der Waals surface area contributed by atoms with Gasteiger partial charge in [0, 0.05) is 25.8 Å². The number of ether oxygens (including phenoxy) is 2. The lowest BCUT2D eigenvalue weighted by atomic mass is 10.1. The third kappa shape index (κ3) is 6.80. The molecule has 0 fully saturated rings. The van der Waals surface area contributed by atoms with E-state index >= 15 is 0 Å². The number of nitrogens with two attached hydrogens (primary N) is 1. The van der Waals surface area contributed by atoms with Crippen LogP contribution < -0.4 is 15.8 Å². The lowest BCUT2D eigenvalue weighted by Gasteiger charge is -2.14. The van der Waals surface area contributed by atoms with E-state index in [4.69, 9.17) is 15.2 Å². The molecule has 0 aromatic heterocycles. The molecule has 0 radical (unpaired) electrons. The monoisotopic (exact) mass is 316 g/mol. The zero-order valence-electron chi connectivity index (χ0n) is 12.8. The molecule has 1 aromatic rings. The van der Waals surface area contributed by atoms with Crippen LogP contribution in [0, 0.1) is 6.92 Å². The van der Waals surface area contributed by atoms with Crippen molar-refractivity contribution in [2.75, 3.05) is 20.3 Å². The molecule has 0 aliphatic rings. The highest BCUT2D eigenvalue weighted by Gasteiger charge is 2.12. The number of nitrogens with one attached hydrogen (secondary N) is 1. The number of hydrogen-bond acceptors (Lipinski definition) is 4. The molecule has 120 valence electrons. The average molecular weight is 317 g/mol. The molecule has 1 amide bonds. The Balaban J connectivity index is 0.00000400. The van der Waals surface area contributed by atoms with Gasteiger partial charge in [0.1, 0.15) is 5.75 Å². The Kier molecular flexibility index (Phi) is 9.78. The van der Waals surface area contributed by atoms with Gasteiger partial charge >= 0.3 is 0 Å². The molecule has 0 saturated heterocycles. The van der Waals surface area contributed by atoms with Crippen molar-refractivity contribution in [3.63, 3.8) is 0 Å². The predicted molar refractivity (Wildman–Crippen MR) is 85.9 cm³/mol. The van der Waals surface area contributed by atoms with Crippen LogP contribution in [0.15, 0.2) is 18.2 Å². The van der Waals surface area contributed by atoms with E-state index in [2.05, 4.69) is 5.32 Å². The molecule has 0 heterocycles. The summed E-state index contributed by atoms with van der Waals surface area (Å²) < 4.78 is 10.7. The van der Waals surface area contributed by atoms with Crippen molar-refractivity contribution in [3.8, 4) is 5.75 Å². The van der Waals surface area contributed by atoms with Crippen molar-refractivity contribution in [3.05, 3.63) is 29.3 Å². The minimum atomic E-state index is -0.237. The van der Waals surface area contributed by atoms with Gasteiger partial charge in [-0.2, -0.15) is 0 Å². The number of methoxy groups -OCH3 is 1. The molecule has 21 heavy (non-hydrogen) atoms. The Morgan fingerprint density at radius 2 is 2.14 bits per heavy atom. The zero-order valence-corrected chi connectivity index (χ0v) is 13.7. The fourth-order valence-corrected chi connectivity index (χ4v) is 1.83. The smallest absolute Gasteiger partial charge is 0.222 e. The zero-order chi connectivity index (χ0) is 15.0. The van der Waals surface area contributed by atoms with Crippen LogP contribution in [0.5, 0.6) is 5.75 Å². The minimum absolute atomic E-state index is 0. The van der Waals surface area contributed by atoms with Gasteiger partial charge in [0.2, 0.25) is 5.91 Å². The van der Waals surface area contributed by atoms with E-state index in [0.717, 1.165) is 16.9 Å². The first-order valence-electron chi connectivity index (χ1n) is 6.82. The molecule has 6 heteroatoms. The lowest BCUT2D eigenvalue weighted by molar-refractivity contribution is -0.123. The quantitative estimate of drug-likeness (QED) is 0.767.